The first-order valence-corrected chi connectivity index (χ1v) is 8.29. The summed E-state index contributed by atoms with van der Waals surface area (Å²) in [5.41, 5.74) is 6.80. The first-order valence-electron chi connectivity index (χ1n) is 7.31. The second-order valence-corrected chi connectivity index (χ2v) is 6.16. The number of hydrogen-bond acceptors (Lipinski definition) is 6. The van der Waals surface area contributed by atoms with Crippen molar-refractivity contribution in [1.29, 1.82) is 0 Å². The SMILES string of the molecule is COc1ccc(-n2c(CN)nnc2SC[C@H]2CCOC2)cc1. The summed E-state index contributed by atoms with van der Waals surface area (Å²) in [4.78, 5) is 0. The van der Waals surface area contributed by atoms with E-state index in [-0.39, 0.29) is 0 Å². The molecule has 0 bridgehead atoms. The van der Waals surface area contributed by atoms with Crippen LogP contribution in [-0.4, -0.2) is 40.8 Å². The number of nitrogens with two attached hydrogens (primary N) is 1. The standard InChI is InChI=1S/C15H20N4O2S/c1-20-13-4-2-12(3-5-13)19-14(8-16)17-18-15(19)22-10-11-6-7-21-9-11/h2-5,11H,6-10,16H2,1H3/t11-/m0/s1. The zero-order valence-corrected chi connectivity index (χ0v) is 13.4. The van der Waals surface area contributed by atoms with Crippen LogP contribution in [-0.2, 0) is 11.3 Å². The molecule has 1 aromatic carbocycles. The highest BCUT2D eigenvalue weighted by Gasteiger charge is 2.19. The Balaban J connectivity index is 1.82. The van der Waals surface area contributed by atoms with E-state index in [0.717, 1.165) is 47.8 Å². The minimum atomic E-state index is 0.353. The lowest BCUT2D eigenvalue weighted by Gasteiger charge is -2.11. The summed E-state index contributed by atoms with van der Waals surface area (Å²) < 4.78 is 12.6. The minimum Gasteiger partial charge on any atom is -0.497 e. The van der Waals surface area contributed by atoms with Crippen molar-refractivity contribution in [1.82, 2.24) is 14.8 Å². The van der Waals surface area contributed by atoms with Gasteiger partial charge in [0, 0.05) is 18.0 Å². The van der Waals surface area contributed by atoms with Gasteiger partial charge in [-0.2, -0.15) is 0 Å². The van der Waals surface area contributed by atoms with Crippen LogP contribution >= 0.6 is 11.8 Å². The summed E-state index contributed by atoms with van der Waals surface area (Å²) in [6.45, 7) is 2.06. The monoisotopic (exact) mass is 320 g/mol. The Morgan fingerprint density at radius 3 is 2.82 bits per heavy atom. The van der Waals surface area contributed by atoms with Crippen LogP contribution in [0.4, 0.5) is 0 Å². The molecule has 3 rings (SSSR count). The number of thioether (sulfide) groups is 1. The van der Waals surface area contributed by atoms with E-state index in [0.29, 0.717) is 12.5 Å². The molecule has 0 radical (unpaired) electrons. The number of benzene rings is 1. The van der Waals surface area contributed by atoms with E-state index < -0.39 is 0 Å². The van der Waals surface area contributed by atoms with E-state index in [1.807, 2.05) is 28.8 Å². The molecule has 0 amide bonds. The fourth-order valence-corrected chi connectivity index (χ4v) is 3.51. The molecule has 0 spiro atoms. The fourth-order valence-electron chi connectivity index (χ4n) is 2.42. The zero-order valence-electron chi connectivity index (χ0n) is 12.6. The smallest absolute Gasteiger partial charge is 0.195 e. The molecule has 2 aromatic rings. The normalized spacial score (nSPS) is 17.8. The third-order valence-corrected chi connectivity index (χ3v) is 4.85. The maximum absolute atomic E-state index is 5.80. The van der Waals surface area contributed by atoms with Gasteiger partial charge in [-0.25, -0.2) is 0 Å². The van der Waals surface area contributed by atoms with Crippen molar-refractivity contribution in [2.45, 2.75) is 18.1 Å². The Morgan fingerprint density at radius 2 is 2.18 bits per heavy atom. The van der Waals surface area contributed by atoms with Gasteiger partial charge in [0.2, 0.25) is 0 Å². The molecular weight excluding hydrogens is 300 g/mol. The van der Waals surface area contributed by atoms with E-state index >= 15 is 0 Å². The Morgan fingerprint density at radius 1 is 1.36 bits per heavy atom. The van der Waals surface area contributed by atoms with Crippen molar-refractivity contribution in [3.63, 3.8) is 0 Å². The van der Waals surface area contributed by atoms with Crippen LogP contribution in [0, 0.1) is 5.92 Å². The largest absolute Gasteiger partial charge is 0.497 e. The van der Waals surface area contributed by atoms with Crippen LogP contribution in [0.1, 0.15) is 12.2 Å². The van der Waals surface area contributed by atoms with Gasteiger partial charge >= 0.3 is 0 Å². The Labute approximate surface area is 134 Å². The first kappa shape index (κ1) is 15.3. The van der Waals surface area contributed by atoms with E-state index in [9.17, 15) is 0 Å². The van der Waals surface area contributed by atoms with Crippen molar-refractivity contribution in [2.24, 2.45) is 11.7 Å². The Kier molecular flexibility index (Phi) is 4.97. The lowest BCUT2D eigenvalue weighted by Crippen LogP contribution is -2.09. The number of hydrogen-bond donors (Lipinski definition) is 1. The minimum absolute atomic E-state index is 0.353. The molecule has 7 heteroatoms. The van der Waals surface area contributed by atoms with Gasteiger partial charge in [-0.3, -0.25) is 4.57 Å². The maximum Gasteiger partial charge on any atom is 0.195 e. The average Bonchev–Trinajstić information content (AvgIpc) is 3.22. The zero-order chi connectivity index (χ0) is 15.4. The predicted molar refractivity (Wildman–Crippen MR) is 85.5 cm³/mol. The predicted octanol–water partition coefficient (Wildman–Crippen LogP) is 1.86. The van der Waals surface area contributed by atoms with Gasteiger partial charge in [-0.15, -0.1) is 10.2 Å². The van der Waals surface area contributed by atoms with Crippen molar-refractivity contribution < 1.29 is 9.47 Å². The number of aromatic nitrogens is 3. The van der Waals surface area contributed by atoms with Gasteiger partial charge < -0.3 is 15.2 Å². The van der Waals surface area contributed by atoms with Crippen molar-refractivity contribution >= 4 is 11.8 Å². The molecule has 1 fully saturated rings. The van der Waals surface area contributed by atoms with Gasteiger partial charge in [-0.05, 0) is 36.6 Å². The van der Waals surface area contributed by atoms with Gasteiger partial charge in [0.15, 0.2) is 11.0 Å². The van der Waals surface area contributed by atoms with Crippen molar-refractivity contribution in [2.75, 3.05) is 26.1 Å². The lowest BCUT2D eigenvalue weighted by atomic mass is 10.2. The van der Waals surface area contributed by atoms with Crippen LogP contribution in [0.3, 0.4) is 0 Å². The average molecular weight is 320 g/mol. The molecular formula is C15H20N4O2S. The van der Waals surface area contributed by atoms with Crippen LogP contribution < -0.4 is 10.5 Å². The van der Waals surface area contributed by atoms with Gasteiger partial charge in [0.25, 0.3) is 0 Å². The van der Waals surface area contributed by atoms with Gasteiger partial charge in [0.05, 0.1) is 20.3 Å². The molecule has 1 aliphatic heterocycles. The molecule has 0 unspecified atom stereocenters. The Bertz CT molecular complexity index is 609. The van der Waals surface area contributed by atoms with E-state index in [1.165, 1.54) is 0 Å². The van der Waals surface area contributed by atoms with Crippen LogP contribution in [0.15, 0.2) is 29.4 Å². The number of ether oxygens (including phenoxy) is 2. The first-order chi connectivity index (χ1) is 10.8. The summed E-state index contributed by atoms with van der Waals surface area (Å²) >= 11 is 1.71. The van der Waals surface area contributed by atoms with Gasteiger partial charge in [-0.1, -0.05) is 11.8 Å². The summed E-state index contributed by atoms with van der Waals surface area (Å²) in [5, 5.41) is 9.37. The number of rotatable bonds is 6. The molecule has 22 heavy (non-hydrogen) atoms. The van der Waals surface area contributed by atoms with Crippen molar-refractivity contribution in [3.05, 3.63) is 30.1 Å². The number of methoxy groups -OCH3 is 1. The van der Waals surface area contributed by atoms with Crippen molar-refractivity contribution in [3.8, 4) is 11.4 Å². The van der Waals surface area contributed by atoms with E-state index in [2.05, 4.69) is 10.2 Å². The summed E-state index contributed by atoms with van der Waals surface area (Å²) in [7, 11) is 1.66. The Hall–Kier alpha value is -1.57. The molecule has 2 heterocycles. The highest BCUT2D eigenvalue weighted by Crippen LogP contribution is 2.27. The molecule has 118 valence electrons. The number of nitrogens with zero attached hydrogens (tertiary/aromatic N) is 3. The van der Waals surface area contributed by atoms with Crippen LogP contribution in [0.25, 0.3) is 5.69 Å². The topological polar surface area (TPSA) is 75.2 Å². The van der Waals surface area contributed by atoms with E-state index in [4.69, 9.17) is 15.2 Å². The molecule has 1 atom stereocenters. The molecule has 1 aliphatic rings. The second-order valence-electron chi connectivity index (χ2n) is 5.18. The molecule has 2 N–H and O–H groups in total. The summed E-state index contributed by atoms with van der Waals surface area (Å²) in [6.07, 6.45) is 1.12. The third-order valence-electron chi connectivity index (χ3n) is 3.69. The highest BCUT2D eigenvalue weighted by molar-refractivity contribution is 7.99. The molecule has 6 nitrogen and oxygen atoms in total. The highest BCUT2D eigenvalue weighted by atomic mass is 32.2. The lowest BCUT2D eigenvalue weighted by molar-refractivity contribution is 0.189. The van der Waals surface area contributed by atoms with Gasteiger partial charge in [0.1, 0.15) is 5.75 Å². The molecule has 1 aromatic heterocycles. The summed E-state index contributed by atoms with van der Waals surface area (Å²) in [5.74, 6) is 3.16. The second kappa shape index (κ2) is 7.13. The summed E-state index contributed by atoms with van der Waals surface area (Å²) in [6, 6.07) is 7.83. The molecule has 1 saturated heterocycles. The quantitative estimate of drug-likeness (QED) is 0.819. The maximum atomic E-state index is 5.80. The third kappa shape index (κ3) is 3.26. The van der Waals surface area contributed by atoms with Crippen LogP contribution in [0.2, 0.25) is 0 Å². The molecule has 0 aliphatic carbocycles. The fraction of sp³-hybridized carbons (Fsp3) is 0.467. The van der Waals surface area contributed by atoms with E-state index in [1.54, 1.807) is 18.9 Å². The van der Waals surface area contributed by atoms with Crippen LogP contribution in [0.5, 0.6) is 5.75 Å². The molecule has 0 saturated carbocycles.